The first-order chi connectivity index (χ1) is 13.6. The number of nitrogens with one attached hydrogen (secondary N) is 1. The summed E-state index contributed by atoms with van der Waals surface area (Å²) in [5.41, 5.74) is 3.13. The van der Waals surface area contributed by atoms with Gasteiger partial charge in [-0.2, -0.15) is 0 Å². The molecule has 4 rings (SSSR count). The van der Waals surface area contributed by atoms with E-state index in [9.17, 15) is 9.90 Å². The van der Waals surface area contributed by atoms with Crippen LogP contribution < -0.4 is 9.64 Å². The van der Waals surface area contributed by atoms with Gasteiger partial charge < -0.3 is 19.7 Å². The Morgan fingerprint density at radius 1 is 1.00 bits per heavy atom. The number of carbonyl (C=O) groups is 1. The molecule has 0 saturated carbocycles. The fourth-order valence-electron chi connectivity index (χ4n) is 3.03. The van der Waals surface area contributed by atoms with Crippen LogP contribution in [0.15, 0.2) is 78.9 Å². The first kappa shape index (κ1) is 17.7. The maximum Gasteiger partial charge on any atom is 0.274 e. The van der Waals surface area contributed by atoms with Gasteiger partial charge in [-0.15, -0.1) is 0 Å². The minimum Gasteiger partial charge on any atom is -0.508 e. The molecule has 1 heterocycles. The van der Waals surface area contributed by atoms with Crippen LogP contribution in [0.25, 0.3) is 10.9 Å². The lowest BCUT2D eigenvalue weighted by Crippen LogP contribution is -2.26. The third-order valence-electron chi connectivity index (χ3n) is 4.61. The van der Waals surface area contributed by atoms with Crippen LogP contribution in [0.2, 0.25) is 0 Å². The van der Waals surface area contributed by atoms with Gasteiger partial charge >= 0.3 is 0 Å². The minimum atomic E-state index is -0.159. The number of fused-ring (bicyclic) bond motifs is 1. The summed E-state index contributed by atoms with van der Waals surface area (Å²) in [6.07, 6.45) is 0. The summed E-state index contributed by atoms with van der Waals surface area (Å²) >= 11 is 0. The van der Waals surface area contributed by atoms with Crippen LogP contribution in [0.4, 0.5) is 5.69 Å². The predicted octanol–water partition coefficient (Wildman–Crippen LogP) is 4.73. The van der Waals surface area contributed by atoms with Gasteiger partial charge in [0.05, 0.1) is 0 Å². The maximum absolute atomic E-state index is 12.8. The molecule has 0 spiro atoms. The normalized spacial score (nSPS) is 10.8. The van der Waals surface area contributed by atoms with Gasteiger partial charge in [0, 0.05) is 29.7 Å². The SMILES string of the molecule is CN(C(=O)c1cc2ccc(OCc3ccccc3)cc2[nH]1)c1ccc(O)cc1. The smallest absolute Gasteiger partial charge is 0.274 e. The van der Waals surface area contributed by atoms with E-state index >= 15 is 0 Å². The monoisotopic (exact) mass is 372 g/mol. The molecule has 0 atom stereocenters. The van der Waals surface area contributed by atoms with Crippen LogP contribution in [-0.4, -0.2) is 23.0 Å². The van der Waals surface area contributed by atoms with Crippen molar-refractivity contribution in [1.82, 2.24) is 4.98 Å². The number of aromatic hydroxyl groups is 1. The number of phenolic OH excluding ortho intramolecular Hbond substituents is 1. The number of aromatic amines is 1. The summed E-state index contributed by atoms with van der Waals surface area (Å²) in [5.74, 6) is 0.746. The lowest BCUT2D eigenvalue weighted by Gasteiger charge is -2.16. The van der Waals surface area contributed by atoms with Crippen molar-refractivity contribution < 1.29 is 14.6 Å². The van der Waals surface area contributed by atoms with E-state index in [1.807, 2.05) is 54.6 Å². The number of hydrogen-bond acceptors (Lipinski definition) is 3. The van der Waals surface area contributed by atoms with Gasteiger partial charge in [0.25, 0.3) is 5.91 Å². The number of ether oxygens (including phenoxy) is 1. The van der Waals surface area contributed by atoms with Crippen LogP contribution in [0.5, 0.6) is 11.5 Å². The molecular weight excluding hydrogens is 352 g/mol. The number of phenols is 1. The Morgan fingerprint density at radius 2 is 1.75 bits per heavy atom. The first-order valence-corrected chi connectivity index (χ1v) is 8.97. The highest BCUT2D eigenvalue weighted by atomic mass is 16.5. The van der Waals surface area contributed by atoms with E-state index in [-0.39, 0.29) is 11.7 Å². The predicted molar refractivity (Wildman–Crippen MR) is 110 cm³/mol. The molecule has 0 aliphatic heterocycles. The van der Waals surface area contributed by atoms with Crippen LogP contribution in [0.1, 0.15) is 16.1 Å². The Labute approximate surface area is 162 Å². The van der Waals surface area contributed by atoms with Crippen molar-refractivity contribution in [3.8, 4) is 11.5 Å². The molecule has 0 unspecified atom stereocenters. The lowest BCUT2D eigenvalue weighted by atomic mass is 10.2. The average molecular weight is 372 g/mol. The molecule has 3 aromatic carbocycles. The van der Waals surface area contributed by atoms with Crippen LogP contribution in [0.3, 0.4) is 0 Å². The Kier molecular flexibility index (Phi) is 4.72. The van der Waals surface area contributed by atoms with Gasteiger partial charge in [-0.25, -0.2) is 0 Å². The van der Waals surface area contributed by atoms with Crippen molar-refractivity contribution in [3.05, 3.63) is 90.1 Å². The Hall–Kier alpha value is -3.73. The van der Waals surface area contributed by atoms with Crippen LogP contribution >= 0.6 is 0 Å². The van der Waals surface area contributed by atoms with Crippen molar-refractivity contribution >= 4 is 22.5 Å². The number of rotatable bonds is 5. The Morgan fingerprint density at radius 3 is 2.50 bits per heavy atom. The number of hydrogen-bond donors (Lipinski definition) is 2. The number of benzene rings is 3. The van der Waals surface area contributed by atoms with E-state index < -0.39 is 0 Å². The van der Waals surface area contributed by atoms with E-state index in [1.54, 1.807) is 31.3 Å². The highest BCUT2D eigenvalue weighted by Crippen LogP contribution is 2.24. The zero-order valence-electron chi connectivity index (χ0n) is 15.4. The van der Waals surface area contributed by atoms with E-state index in [2.05, 4.69) is 4.98 Å². The highest BCUT2D eigenvalue weighted by Gasteiger charge is 2.16. The molecule has 0 aliphatic rings. The standard InChI is InChI=1S/C23H20N2O3/c1-25(18-8-10-19(26)11-9-18)23(27)22-13-17-7-12-20(14-21(17)24-22)28-15-16-5-3-2-4-6-16/h2-14,24,26H,15H2,1H3. The molecule has 0 fully saturated rings. The van der Waals surface area contributed by atoms with E-state index in [1.165, 1.54) is 4.90 Å². The molecule has 2 N–H and O–H groups in total. The van der Waals surface area contributed by atoms with Crippen molar-refractivity contribution in [1.29, 1.82) is 0 Å². The Balaban J connectivity index is 1.52. The molecule has 5 heteroatoms. The number of nitrogens with zero attached hydrogens (tertiary/aromatic N) is 1. The number of H-pyrrole nitrogens is 1. The molecule has 28 heavy (non-hydrogen) atoms. The second kappa shape index (κ2) is 7.48. The summed E-state index contributed by atoms with van der Waals surface area (Å²) in [6.45, 7) is 0.489. The summed E-state index contributed by atoms with van der Waals surface area (Å²) in [7, 11) is 1.70. The summed E-state index contributed by atoms with van der Waals surface area (Å²) in [6, 6.07) is 24.0. The number of carbonyl (C=O) groups excluding carboxylic acids is 1. The van der Waals surface area contributed by atoms with Gasteiger partial charge in [-0.3, -0.25) is 4.79 Å². The molecule has 5 nitrogen and oxygen atoms in total. The fraction of sp³-hybridized carbons (Fsp3) is 0.0870. The van der Waals surface area contributed by atoms with Gasteiger partial charge in [0.2, 0.25) is 0 Å². The minimum absolute atomic E-state index is 0.159. The van der Waals surface area contributed by atoms with E-state index in [0.29, 0.717) is 18.0 Å². The molecule has 0 bridgehead atoms. The van der Waals surface area contributed by atoms with Crippen LogP contribution in [-0.2, 0) is 6.61 Å². The van der Waals surface area contributed by atoms with Crippen molar-refractivity contribution in [2.75, 3.05) is 11.9 Å². The average Bonchev–Trinajstić information content (AvgIpc) is 3.16. The zero-order valence-corrected chi connectivity index (χ0v) is 15.4. The molecule has 1 amide bonds. The number of anilines is 1. The maximum atomic E-state index is 12.8. The van der Waals surface area contributed by atoms with E-state index in [4.69, 9.17) is 4.74 Å². The molecule has 0 aliphatic carbocycles. The fourth-order valence-corrected chi connectivity index (χ4v) is 3.03. The second-order valence-corrected chi connectivity index (χ2v) is 6.59. The summed E-state index contributed by atoms with van der Waals surface area (Å²) in [4.78, 5) is 17.5. The quantitative estimate of drug-likeness (QED) is 0.532. The van der Waals surface area contributed by atoms with Gasteiger partial charge in [0.15, 0.2) is 0 Å². The zero-order chi connectivity index (χ0) is 19.5. The molecule has 4 aromatic rings. The third kappa shape index (κ3) is 3.69. The van der Waals surface area contributed by atoms with Crippen molar-refractivity contribution in [2.24, 2.45) is 0 Å². The van der Waals surface area contributed by atoms with Gasteiger partial charge in [0.1, 0.15) is 23.8 Å². The first-order valence-electron chi connectivity index (χ1n) is 8.97. The topological polar surface area (TPSA) is 65.6 Å². The largest absolute Gasteiger partial charge is 0.508 e. The number of aromatic nitrogens is 1. The van der Waals surface area contributed by atoms with Crippen molar-refractivity contribution in [3.63, 3.8) is 0 Å². The van der Waals surface area contributed by atoms with E-state index in [0.717, 1.165) is 22.2 Å². The lowest BCUT2D eigenvalue weighted by molar-refractivity contribution is 0.0989. The van der Waals surface area contributed by atoms with Crippen molar-refractivity contribution in [2.45, 2.75) is 6.61 Å². The molecule has 1 aromatic heterocycles. The molecule has 140 valence electrons. The highest BCUT2D eigenvalue weighted by molar-refractivity contribution is 6.07. The molecule has 0 saturated heterocycles. The third-order valence-corrected chi connectivity index (χ3v) is 4.61. The number of amides is 1. The Bertz CT molecular complexity index is 1100. The van der Waals surface area contributed by atoms with Gasteiger partial charge in [-0.05, 0) is 48.0 Å². The van der Waals surface area contributed by atoms with Gasteiger partial charge in [-0.1, -0.05) is 30.3 Å². The summed E-state index contributed by atoms with van der Waals surface area (Å²) < 4.78 is 5.86. The second-order valence-electron chi connectivity index (χ2n) is 6.59. The van der Waals surface area contributed by atoms with Crippen LogP contribution in [0, 0.1) is 0 Å². The summed E-state index contributed by atoms with van der Waals surface area (Å²) in [5, 5.41) is 10.3. The molecular formula is C23H20N2O3. The molecule has 0 radical (unpaired) electrons.